The van der Waals surface area contributed by atoms with Gasteiger partial charge in [-0.3, -0.25) is 9.78 Å². The molecule has 196 valence electrons. The predicted molar refractivity (Wildman–Crippen MR) is 146 cm³/mol. The summed E-state index contributed by atoms with van der Waals surface area (Å²) in [5, 5.41) is 13.4. The molecule has 2 N–H and O–H groups in total. The maximum Gasteiger partial charge on any atom is 0.251 e. The highest BCUT2D eigenvalue weighted by atomic mass is 32.2. The minimum Gasteiger partial charge on any atom is -0.394 e. The summed E-state index contributed by atoms with van der Waals surface area (Å²) < 4.78 is 24.0. The van der Waals surface area contributed by atoms with E-state index in [1.165, 1.54) is 6.07 Å². The molecule has 4 aromatic rings. The first-order chi connectivity index (χ1) is 18.2. The second-order valence-electron chi connectivity index (χ2n) is 9.55. The van der Waals surface area contributed by atoms with Crippen LogP contribution in [0.4, 0.5) is 5.82 Å². The number of hydrogen-bond acceptors (Lipinski definition) is 8. The fourth-order valence-corrected chi connectivity index (χ4v) is 5.76. The van der Waals surface area contributed by atoms with E-state index in [-0.39, 0.29) is 35.6 Å². The molecule has 0 spiro atoms. The summed E-state index contributed by atoms with van der Waals surface area (Å²) in [4.78, 5) is 29.0. The maximum absolute atomic E-state index is 12.7. The molecule has 1 saturated heterocycles. The Morgan fingerprint density at radius 2 is 1.92 bits per heavy atom. The van der Waals surface area contributed by atoms with Gasteiger partial charge in [-0.15, -0.1) is 0 Å². The van der Waals surface area contributed by atoms with E-state index in [0.717, 1.165) is 48.1 Å². The van der Waals surface area contributed by atoms with Crippen LogP contribution in [0.5, 0.6) is 0 Å². The minimum absolute atomic E-state index is 0.0871. The largest absolute Gasteiger partial charge is 0.394 e. The third-order valence-corrected chi connectivity index (χ3v) is 8.03. The van der Waals surface area contributed by atoms with Crippen LogP contribution in [0.3, 0.4) is 0 Å². The molecular weight excluding hydrogens is 502 g/mol. The Bertz CT molecular complexity index is 1620. The van der Waals surface area contributed by atoms with E-state index in [0.29, 0.717) is 17.0 Å². The van der Waals surface area contributed by atoms with Crippen LogP contribution in [0.15, 0.2) is 65.7 Å². The van der Waals surface area contributed by atoms with Crippen LogP contribution >= 0.6 is 0 Å². The lowest BCUT2D eigenvalue weighted by atomic mass is 10.1. The number of nitrogens with one attached hydrogen (secondary N) is 1. The fraction of sp³-hybridized carbons (Fsp3) is 0.286. The van der Waals surface area contributed by atoms with Gasteiger partial charge in [-0.25, -0.2) is 18.4 Å². The number of benzene rings is 1. The van der Waals surface area contributed by atoms with Gasteiger partial charge in [0.15, 0.2) is 9.84 Å². The summed E-state index contributed by atoms with van der Waals surface area (Å²) in [6.45, 7) is 2.83. The smallest absolute Gasteiger partial charge is 0.251 e. The van der Waals surface area contributed by atoms with Gasteiger partial charge < -0.3 is 15.3 Å². The summed E-state index contributed by atoms with van der Waals surface area (Å²) in [5.41, 5.74) is 3.66. The lowest BCUT2D eigenvalue weighted by molar-refractivity contribution is 0.0950. The zero-order valence-corrected chi connectivity index (χ0v) is 22.1. The average molecular weight is 532 g/mol. The number of aromatic nitrogens is 3. The highest BCUT2D eigenvalue weighted by Crippen LogP contribution is 2.27. The predicted octanol–water partition coefficient (Wildman–Crippen LogP) is 3.29. The van der Waals surface area contributed by atoms with Gasteiger partial charge in [0.05, 0.1) is 46.7 Å². The number of carbonyl (C=O) groups is 1. The van der Waals surface area contributed by atoms with E-state index in [1.807, 2.05) is 36.4 Å². The Labute approximate surface area is 221 Å². The molecule has 0 unspecified atom stereocenters. The van der Waals surface area contributed by atoms with Gasteiger partial charge in [0.25, 0.3) is 5.91 Å². The first-order valence-corrected chi connectivity index (χ1v) is 14.3. The van der Waals surface area contributed by atoms with E-state index in [4.69, 9.17) is 9.97 Å². The monoisotopic (exact) mass is 531 g/mol. The molecule has 1 amide bonds. The highest BCUT2D eigenvalue weighted by Gasteiger charge is 2.25. The Morgan fingerprint density at radius 1 is 1.11 bits per heavy atom. The van der Waals surface area contributed by atoms with Crippen molar-refractivity contribution in [1.29, 1.82) is 0 Å². The second kappa shape index (κ2) is 10.5. The van der Waals surface area contributed by atoms with Gasteiger partial charge in [-0.2, -0.15) is 0 Å². The first kappa shape index (κ1) is 25.7. The lowest BCUT2D eigenvalue weighted by Gasteiger charge is -2.24. The average Bonchev–Trinajstić information content (AvgIpc) is 3.40. The normalized spacial score (nSPS) is 15.7. The molecular formula is C28H29N5O4S. The molecule has 3 aromatic heterocycles. The third-order valence-electron chi connectivity index (χ3n) is 6.79. The second-order valence-corrected chi connectivity index (χ2v) is 11.5. The number of aliphatic hydroxyl groups is 1. The molecule has 38 heavy (non-hydrogen) atoms. The van der Waals surface area contributed by atoms with E-state index in [1.54, 1.807) is 25.3 Å². The number of nitrogens with zero attached hydrogens (tertiary/aromatic N) is 4. The van der Waals surface area contributed by atoms with Crippen molar-refractivity contribution >= 4 is 32.5 Å². The molecule has 5 rings (SSSR count). The number of pyridine rings is 3. The van der Waals surface area contributed by atoms with Crippen LogP contribution in [-0.2, 0) is 16.4 Å². The number of aryl methyl sites for hydroxylation is 1. The summed E-state index contributed by atoms with van der Waals surface area (Å²) in [6, 6.07) is 16.2. The number of anilines is 1. The fourth-order valence-electron chi connectivity index (χ4n) is 4.76. The van der Waals surface area contributed by atoms with Crippen molar-refractivity contribution in [2.24, 2.45) is 0 Å². The molecule has 1 aliphatic heterocycles. The number of sulfone groups is 1. The number of rotatable bonds is 7. The van der Waals surface area contributed by atoms with E-state index in [9.17, 15) is 18.3 Å². The van der Waals surface area contributed by atoms with Crippen molar-refractivity contribution < 1.29 is 18.3 Å². The summed E-state index contributed by atoms with van der Waals surface area (Å²) >= 11 is 0. The zero-order valence-electron chi connectivity index (χ0n) is 21.3. The van der Waals surface area contributed by atoms with Crippen molar-refractivity contribution in [3.05, 3.63) is 77.6 Å². The van der Waals surface area contributed by atoms with Gasteiger partial charge >= 0.3 is 0 Å². The highest BCUT2D eigenvalue weighted by molar-refractivity contribution is 7.90. The molecule has 0 saturated carbocycles. The number of hydrogen-bond donors (Lipinski definition) is 2. The molecule has 1 aromatic carbocycles. The van der Waals surface area contributed by atoms with Gasteiger partial charge in [0.1, 0.15) is 5.82 Å². The summed E-state index contributed by atoms with van der Waals surface area (Å²) in [7, 11) is -3.44. The van der Waals surface area contributed by atoms with Gasteiger partial charge in [0.2, 0.25) is 0 Å². The topological polar surface area (TPSA) is 125 Å². The van der Waals surface area contributed by atoms with Gasteiger partial charge in [0, 0.05) is 29.9 Å². The molecule has 0 aliphatic carbocycles. The number of amides is 1. The third kappa shape index (κ3) is 5.36. The molecule has 0 radical (unpaired) electrons. The van der Waals surface area contributed by atoms with Crippen molar-refractivity contribution in [2.75, 3.05) is 24.3 Å². The Hall–Kier alpha value is -3.89. The van der Waals surface area contributed by atoms with Crippen LogP contribution in [0, 0.1) is 6.92 Å². The Morgan fingerprint density at radius 3 is 2.71 bits per heavy atom. The SMILES string of the molecule is Cc1ccc(C(=O)NCc2cc3nc(-c4cccc(N5CCC[C@H]5CO)n4)ccc3cn2)cc1S(C)(=O)=O. The van der Waals surface area contributed by atoms with Crippen LogP contribution < -0.4 is 10.2 Å². The Balaban J connectivity index is 1.35. The van der Waals surface area contributed by atoms with Crippen LogP contribution in [0.2, 0.25) is 0 Å². The van der Waals surface area contributed by atoms with Crippen molar-refractivity contribution in [1.82, 2.24) is 20.3 Å². The number of aliphatic hydroxyl groups excluding tert-OH is 1. The molecule has 1 fully saturated rings. The lowest BCUT2D eigenvalue weighted by Crippen LogP contribution is -2.32. The first-order valence-electron chi connectivity index (χ1n) is 12.4. The minimum atomic E-state index is -3.44. The van der Waals surface area contributed by atoms with Crippen LogP contribution in [0.1, 0.15) is 34.5 Å². The molecule has 10 heteroatoms. The Kier molecular flexibility index (Phi) is 7.09. The van der Waals surface area contributed by atoms with E-state index >= 15 is 0 Å². The van der Waals surface area contributed by atoms with Gasteiger partial charge in [-0.05, 0) is 67.8 Å². The van der Waals surface area contributed by atoms with E-state index < -0.39 is 9.84 Å². The maximum atomic E-state index is 12.7. The standard InChI is InChI=1S/C28H29N5O4S/c1-18-8-9-19(13-26(18)38(2,36)37)28(35)30-16-21-14-25-20(15-29-21)10-11-24(31-25)23-6-3-7-27(32-23)33-12-4-5-22(33)17-34/h3,6-11,13-15,22,34H,4-5,12,16-17H2,1-2H3,(H,30,35)/t22-/m0/s1. The molecule has 0 bridgehead atoms. The molecule has 1 atom stereocenters. The quantitative estimate of drug-likeness (QED) is 0.372. The summed E-state index contributed by atoms with van der Waals surface area (Å²) in [6.07, 6.45) is 4.81. The van der Waals surface area contributed by atoms with Gasteiger partial charge in [-0.1, -0.05) is 12.1 Å². The van der Waals surface area contributed by atoms with Crippen molar-refractivity contribution in [2.45, 2.75) is 37.2 Å². The number of fused-ring (bicyclic) bond motifs is 1. The van der Waals surface area contributed by atoms with Crippen LogP contribution in [-0.4, -0.2) is 59.8 Å². The van der Waals surface area contributed by atoms with E-state index in [2.05, 4.69) is 15.2 Å². The van der Waals surface area contributed by atoms with Crippen molar-refractivity contribution in [3.63, 3.8) is 0 Å². The van der Waals surface area contributed by atoms with Crippen LogP contribution in [0.25, 0.3) is 22.3 Å². The summed E-state index contributed by atoms with van der Waals surface area (Å²) in [5.74, 6) is 0.442. The molecule has 4 heterocycles. The van der Waals surface area contributed by atoms with Crippen molar-refractivity contribution in [3.8, 4) is 11.4 Å². The number of carbonyl (C=O) groups excluding carboxylic acids is 1. The molecule has 1 aliphatic rings. The zero-order chi connectivity index (χ0) is 26.9. The molecule has 9 nitrogen and oxygen atoms in total.